The van der Waals surface area contributed by atoms with E-state index in [0.717, 1.165) is 45.6 Å². The highest BCUT2D eigenvalue weighted by atomic mass is 16.2. The molecule has 26 heavy (non-hydrogen) atoms. The zero-order chi connectivity index (χ0) is 18.5. The predicted molar refractivity (Wildman–Crippen MR) is 99.8 cm³/mol. The van der Waals surface area contributed by atoms with E-state index in [0.29, 0.717) is 12.2 Å². The minimum atomic E-state index is -0.0326. The molecule has 1 atom stereocenters. The summed E-state index contributed by atoms with van der Waals surface area (Å²) >= 11 is 0. The van der Waals surface area contributed by atoms with E-state index in [1.807, 2.05) is 16.8 Å². The van der Waals surface area contributed by atoms with E-state index in [4.69, 9.17) is 0 Å². The van der Waals surface area contributed by atoms with Crippen molar-refractivity contribution in [1.82, 2.24) is 24.5 Å². The summed E-state index contributed by atoms with van der Waals surface area (Å²) in [5.41, 5.74) is 0.482. The van der Waals surface area contributed by atoms with E-state index in [1.54, 1.807) is 23.9 Å². The molecular formula is C19H31N5O2. The molecule has 2 aliphatic rings. The molecule has 0 saturated carbocycles. The minimum Gasteiger partial charge on any atom is -0.337 e. The number of aromatic nitrogens is 2. The average molecular weight is 361 g/mol. The van der Waals surface area contributed by atoms with E-state index in [-0.39, 0.29) is 17.9 Å². The topological polar surface area (TPSA) is 61.7 Å². The summed E-state index contributed by atoms with van der Waals surface area (Å²) in [6.07, 6.45) is 7.52. The summed E-state index contributed by atoms with van der Waals surface area (Å²) in [6.45, 7) is 6.96. The third-order valence-corrected chi connectivity index (χ3v) is 5.57. The van der Waals surface area contributed by atoms with E-state index in [2.05, 4.69) is 10.00 Å². The maximum absolute atomic E-state index is 12.7. The van der Waals surface area contributed by atoms with Gasteiger partial charge in [-0.3, -0.25) is 14.3 Å². The van der Waals surface area contributed by atoms with Crippen LogP contribution in [0.2, 0.25) is 0 Å². The predicted octanol–water partition coefficient (Wildman–Crippen LogP) is 1.36. The zero-order valence-corrected chi connectivity index (χ0v) is 16.1. The Kier molecular flexibility index (Phi) is 6.29. The molecule has 0 aromatic carbocycles. The van der Waals surface area contributed by atoms with Gasteiger partial charge in [0.25, 0.3) is 5.91 Å². The highest BCUT2D eigenvalue weighted by Crippen LogP contribution is 2.18. The second-order valence-corrected chi connectivity index (χ2v) is 7.54. The van der Waals surface area contributed by atoms with Gasteiger partial charge >= 0.3 is 0 Å². The molecule has 0 spiro atoms. The zero-order valence-electron chi connectivity index (χ0n) is 16.1. The molecule has 2 fully saturated rings. The number of likely N-dealkylation sites (tertiary alicyclic amines) is 2. The van der Waals surface area contributed by atoms with Crippen molar-refractivity contribution in [3.63, 3.8) is 0 Å². The molecule has 7 heteroatoms. The number of hydrogen-bond acceptors (Lipinski definition) is 4. The number of nitrogens with zero attached hydrogens (tertiary/aromatic N) is 5. The Hall–Kier alpha value is -1.89. The molecule has 0 aliphatic carbocycles. The molecule has 0 N–H and O–H groups in total. The fourth-order valence-electron chi connectivity index (χ4n) is 4.11. The van der Waals surface area contributed by atoms with Crippen LogP contribution in [-0.4, -0.2) is 81.6 Å². The van der Waals surface area contributed by atoms with Crippen molar-refractivity contribution in [3.8, 4) is 0 Å². The van der Waals surface area contributed by atoms with Gasteiger partial charge in [0.1, 0.15) is 5.69 Å². The molecule has 3 heterocycles. The van der Waals surface area contributed by atoms with E-state index in [1.165, 1.54) is 19.3 Å². The Bertz CT molecular complexity index is 623. The lowest BCUT2D eigenvalue weighted by Gasteiger charge is -2.40. The van der Waals surface area contributed by atoms with E-state index >= 15 is 0 Å². The van der Waals surface area contributed by atoms with Crippen LogP contribution < -0.4 is 0 Å². The number of rotatable bonds is 5. The van der Waals surface area contributed by atoms with Gasteiger partial charge in [-0.25, -0.2) is 0 Å². The molecule has 0 bridgehead atoms. The van der Waals surface area contributed by atoms with Crippen LogP contribution in [0.1, 0.15) is 49.5 Å². The Morgan fingerprint density at radius 1 is 1.19 bits per heavy atom. The molecule has 2 aliphatic heterocycles. The second kappa shape index (κ2) is 8.66. The second-order valence-electron chi connectivity index (χ2n) is 7.54. The lowest BCUT2D eigenvalue weighted by molar-refractivity contribution is -0.132. The first-order chi connectivity index (χ1) is 12.5. The number of carbonyl (C=O) groups is 2. The van der Waals surface area contributed by atoms with Crippen LogP contribution in [0, 0.1) is 0 Å². The molecule has 0 radical (unpaired) electrons. The third-order valence-electron chi connectivity index (χ3n) is 5.57. The normalized spacial score (nSPS) is 21.6. The van der Waals surface area contributed by atoms with Gasteiger partial charge in [-0.2, -0.15) is 5.10 Å². The number of aryl methyl sites for hydroxylation is 1. The first-order valence-electron chi connectivity index (χ1n) is 9.83. The molecule has 144 valence electrons. The monoisotopic (exact) mass is 361 g/mol. The quantitative estimate of drug-likeness (QED) is 0.794. The molecule has 1 aromatic rings. The largest absolute Gasteiger partial charge is 0.337 e. The van der Waals surface area contributed by atoms with Crippen molar-refractivity contribution in [3.05, 3.63) is 18.0 Å². The first kappa shape index (κ1) is 18.9. The summed E-state index contributed by atoms with van der Waals surface area (Å²) in [7, 11) is 1.81. The maximum Gasteiger partial charge on any atom is 0.274 e. The summed E-state index contributed by atoms with van der Waals surface area (Å²) in [4.78, 5) is 31.2. The first-order valence-corrected chi connectivity index (χ1v) is 9.83. The van der Waals surface area contributed by atoms with E-state index in [9.17, 15) is 9.59 Å². The van der Waals surface area contributed by atoms with Crippen LogP contribution in [0.3, 0.4) is 0 Å². The number of amides is 2. The van der Waals surface area contributed by atoms with Crippen LogP contribution >= 0.6 is 0 Å². The summed E-state index contributed by atoms with van der Waals surface area (Å²) in [5, 5.41) is 4.23. The average Bonchev–Trinajstić information content (AvgIpc) is 3.08. The third kappa shape index (κ3) is 4.63. The number of piperidine rings is 2. The molecule has 7 nitrogen and oxygen atoms in total. The van der Waals surface area contributed by atoms with Crippen molar-refractivity contribution in [1.29, 1.82) is 0 Å². The molecular weight excluding hydrogens is 330 g/mol. The molecule has 2 saturated heterocycles. The Balaban J connectivity index is 1.59. The lowest BCUT2D eigenvalue weighted by Crippen LogP contribution is -2.53. The van der Waals surface area contributed by atoms with Gasteiger partial charge in [-0.15, -0.1) is 0 Å². The van der Waals surface area contributed by atoms with Crippen LogP contribution in [-0.2, 0) is 11.8 Å². The lowest BCUT2D eigenvalue weighted by atomic mass is 10.0. The summed E-state index contributed by atoms with van der Waals surface area (Å²) in [6, 6.07) is 1.86. The van der Waals surface area contributed by atoms with Crippen molar-refractivity contribution >= 4 is 11.8 Å². The van der Waals surface area contributed by atoms with Gasteiger partial charge in [-0.1, -0.05) is 6.42 Å². The Morgan fingerprint density at radius 3 is 2.62 bits per heavy atom. The van der Waals surface area contributed by atoms with Crippen molar-refractivity contribution in [2.75, 3.05) is 39.3 Å². The van der Waals surface area contributed by atoms with Crippen LogP contribution in [0.25, 0.3) is 0 Å². The minimum absolute atomic E-state index is 0.0326. The highest BCUT2D eigenvalue weighted by Gasteiger charge is 2.30. The maximum atomic E-state index is 12.7. The van der Waals surface area contributed by atoms with Gasteiger partial charge in [0, 0.05) is 52.4 Å². The van der Waals surface area contributed by atoms with Crippen molar-refractivity contribution < 1.29 is 9.59 Å². The summed E-state index contributed by atoms with van der Waals surface area (Å²) < 4.78 is 1.65. The molecule has 2 amide bonds. The van der Waals surface area contributed by atoms with Gasteiger partial charge in [0.2, 0.25) is 5.91 Å². The fraction of sp³-hybridized carbons (Fsp3) is 0.737. The SMILES string of the molecule is CC(=O)N(CCN1CCCCC1)C1CCCN(C(=O)c2ccn(C)n2)C1. The fourth-order valence-corrected chi connectivity index (χ4v) is 4.11. The van der Waals surface area contributed by atoms with Crippen LogP contribution in [0.5, 0.6) is 0 Å². The number of hydrogen-bond donors (Lipinski definition) is 0. The van der Waals surface area contributed by atoms with E-state index < -0.39 is 0 Å². The standard InChI is InChI=1S/C19H31N5O2/c1-16(25)24(14-13-22-9-4-3-5-10-22)17-7-6-11-23(15-17)19(26)18-8-12-21(2)20-18/h8,12,17H,3-7,9-11,13-15H2,1-2H3. The van der Waals surface area contributed by atoms with Gasteiger partial charge < -0.3 is 14.7 Å². The van der Waals surface area contributed by atoms with Crippen molar-refractivity contribution in [2.45, 2.75) is 45.1 Å². The Labute approximate surface area is 155 Å². The van der Waals surface area contributed by atoms with Crippen LogP contribution in [0.15, 0.2) is 12.3 Å². The van der Waals surface area contributed by atoms with Gasteiger partial charge in [0.15, 0.2) is 0 Å². The van der Waals surface area contributed by atoms with Crippen LogP contribution in [0.4, 0.5) is 0 Å². The number of carbonyl (C=O) groups excluding carboxylic acids is 2. The molecule has 1 unspecified atom stereocenters. The highest BCUT2D eigenvalue weighted by molar-refractivity contribution is 5.92. The Morgan fingerprint density at radius 2 is 1.96 bits per heavy atom. The summed E-state index contributed by atoms with van der Waals surface area (Å²) in [5.74, 6) is 0.0778. The van der Waals surface area contributed by atoms with Crippen molar-refractivity contribution in [2.24, 2.45) is 7.05 Å². The van der Waals surface area contributed by atoms with Gasteiger partial charge in [0.05, 0.1) is 0 Å². The van der Waals surface area contributed by atoms with Gasteiger partial charge in [-0.05, 0) is 44.8 Å². The smallest absolute Gasteiger partial charge is 0.274 e. The molecule has 1 aromatic heterocycles. The molecule has 3 rings (SSSR count).